The molecule has 1 fully saturated rings. The molecule has 0 aliphatic carbocycles. The largest absolute Gasteiger partial charge is 0.454 e. The molecule has 2 aromatic carbocycles. The highest BCUT2D eigenvalue weighted by Gasteiger charge is 2.27. The normalized spacial score (nSPS) is 17.2. The van der Waals surface area contributed by atoms with Crippen LogP contribution in [0.25, 0.3) is 0 Å². The molecule has 154 valence electrons. The van der Waals surface area contributed by atoms with Gasteiger partial charge in [0.2, 0.25) is 12.7 Å². The maximum absolute atomic E-state index is 13.2. The van der Waals surface area contributed by atoms with E-state index in [1.807, 2.05) is 37.3 Å². The molecule has 2 aliphatic rings. The molecule has 4 rings (SSSR count). The summed E-state index contributed by atoms with van der Waals surface area (Å²) in [7, 11) is 0. The van der Waals surface area contributed by atoms with Gasteiger partial charge in [-0.1, -0.05) is 13.0 Å². The number of piperazine rings is 1. The maximum atomic E-state index is 13.2. The minimum Gasteiger partial charge on any atom is -0.454 e. The number of carbonyl (C=O) groups is 1. The molecule has 1 saturated heterocycles. The number of rotatable bonds is 6. The molecule has 0 bridgehead atoms. The van der Waals surface area contributed by atoms with E-state index < -0.39 is 0 Å². The molecule has 0 radical (unpaired) electrons. The second-order valence-corrected chi connectivity index (χ2v) is 7.29. The van der Waals surface area contributed by atoms with E-state index in [1.165, 1.54) is 12.1 Å². The molecular weight excluding hydrogens is 373 g/mol. The number of anilines is 1. The lowest BCUT2D eigenvalue weighted by atomic mass is 10.0. The highest BCUT2D eigenvalue weighted by molar-refractivity contribution is 5.75. The number of carbonyl (C=O) groups excluding carboxylic acids is 1. The number of halogens is 1. The van der Waals surface area contributed by atoms with Crippen molar-refractivity contribution in [1.82, 2.24) is 10.2 Å². The van der Waals surface area contributed by atoms with Crippen LogP contribution in [0.15, 0.2) is 42.5 Å². The highest BCUT2D eigenvalue weighted by atomic mass is 19.1. The Labute approximate surface area is 170 Å². The first-order valence-electron chi connectivity index (χ1n) is 10.0. The summed E-state index contributed by atoms with van der Waals surface area (Å²) < 4.78 is 24.2. The highest BCUT2D eigenvalue weighted by Crippen LogP contribution is 2.35. The van der Waals surface area contributed by atoms with Crippen LogP contribution in [-0.4, -0.2) is 50.3 Å². The van der Waals surface area contributed by atoms with Gasteiger partial charge in [-0.25, -0.2) is 4.39 Å². The summed E-state index contributed by atoms with van der Waals surface area (Å²) in [6.45, 7) is 6.02. The van der Waals surface area contributed by atoms with Crippen molar-refractivity contribution in [2.75, 3.05) is 44.4 Å². The molecule has 2 heterocycles. The Morgan fingerprint density at radius 3 is 2.52 bits per heavy atom. The van der Waals surface area contributed by atoms with Gasteiger partial charge >= 0.3 is 0 Å². The Balaban J connectivity index is 1.48. The average molecular weight is 399 g/mol. The molecule has 1 atom stereocenters. The van der Waals surface area contributed by atoms with E-state index in [9.17, 15) is 9.18 Å². The number of hydrogen-bond donors (Lipinski definition) is 1. The Bertz CT molecular complexity index is 851. The van der Waals surface area contributed by atoms with Crippen LogP contribution < -0.4 is 19.7 Å². The summed E-state index contributed by atoms with van der Waals surface area (Å²) in [5.41, 5.74) is 2.13. The van der Waals surface area contributed by atoms with Crippen molar-refractivity contribution >= 4 is 11.6 Å². The summed E-state index contributed by atoms with van der Waals surface area (Å²) in [5, 5.41) is 3.04. The van der Waals surface area contributed by atoms with Gasteiger partial charge < -0.3 is 19.7 Å². The first-order chi connectivity index (χ1) is 14.1. The van der Waals surface area contributed by atoms with Gasteiger partial charge in [-0.3, -0.25) is 9.69 Å². The molecule has 0 aromatic heterocycles. The first-order valence-corrected chi connectivity index (χ1v) is 10.0. The molecule has 0 spiro atoms. The molecule has 2 aliphatic heterocycles. The molecule has 1 N–H and O–H groups in total. The van der Waals surface area contributed by atoms with Gasteiger partial charge in [0.05, 0.1) is 6.04 Å². The molecule has 0 saturated carbocycles. The fourth-order valence-corrected chi connectivity index (χ4v) is 3.86. The van der Waals surface area contributed by atoms with Gasteiger partial charge in [-0.05, 0) is 42.0 Å². The smallest absolute Gasteiger partial charge is 0.231 e. The minimum absolute atomic E-state index is 0.0423. The number of ether oxygens (including phenoxy) is 2. The fourth-order valence-electron chi connectivity index (χ4n) is 3.86. The topological polar surface area (TPSA) is 54.0 Å². The SMILES string of the molecule is CCC(=O)NC[C@@H](c1ccc2c(c1)OCO2)N1CCN(c2ccc(F)cc2)CC1. The van der Waals surface area contributed by atoms with E-state index >= 15 is 0 Å². The predicted octanol–water partition coefficient (Wildman–Crippen LogP) is 2.94. The second kappa shape index (κ2) is 8.69. The predicted molar refractivity (Wildman–Crippen MR) is 109 cm³/mol. The van der Waals surface area contributed by atoms with Crippen LogP contribution in [0.3, 0.4) is 0 Å². The summed E-state index contributed by atoms with van der Waals surface area (Å²) >= 11 is 0. The van der Waals surface area contributed by atoms with E-state index in [-0.39, 0.29) is 24.6 Å². The van der Waals surface area contributed by atoms with Crippen LogP contribution in [0, 0.1) is 5.82 Å². The summed E-state index contributed by atoms with van der Waals surface area (Å²) in [6.07, 6.45) is 0.464. The van der Waals surface area contributed by atoms with Gasteiger partial charge in [-0.2, -0.15) is 0 Å². The first kappa shape index (κ1) is 19.5. The van der Waals surface area contributed by atoms with Crippen molar-refractivity contribution in [3.05, 3.63) is 53.8 Å². The lowest BCUT2D eigenvalue weighted by Gasteiger charge is -2.40. The van der Waals surface area contributed by atoms with Crippen molar-refractivity contribution in [3.63, 3.8) is 0 Å². The zero-order valence-corrected chi connectivity index (χ0v) is 16.6. The van der Waals surface area contributed by atoms with E-state index in [4.69, 9.17) is 9.47 Å². The van der Waals surface area contributed by atoms with Crippen LogP contribution >= 0.6 is 0 Å². The Morgan fingerprint density at radius 2 is 1.79 bits per heavy atom. The summed E-state index contributed by atoms with van der Waals surface area (Å²) in [4.78, 5) is 16.5. The maximum Gasteiger partial charge on any atom is 0.231 e. The van der Waals surface area contributed by atoms with Crippen LogP contribution in [0.2, 0.25) is 0 Å². The standard InChI is InChI=1S/C22H26FN3O3/c1-2-22(27)24-14-19(16-3-8-20-21(13-16)29-15-28-20)26-11-9-25(10-12-26)18-6-4-17(23)5-7-18/h3-8,13,19H,2,9-12,14-15H2,1H3,(H,24,27)/t19-/m0/s1. The van der Waals surface area contributed by atoms with Gasteiger partial charge in [-0.15, -0.1) is 0 Å². The van der Waals surface area contributed by atoms with Crippen molar-refractivity contribution in [2.24, 2.45) is 0 Å². The molecule has 7 heteroatoms. The zero-order chi connectivity index (χ0) is 20.2. The molecule has 2 aromatic rings. The lowest BCUT2D eigenvalue weighted by molar-refractivity contribution is -0.121. The average Bonchev–Trinajstić information content (AvgIpc) is 3.23. The third kappa shape index (κ3) is 4.45. The van der Waals surface area contributed by atoms with Crippen LogP contribution in [-0.2, 0) is 4.79 Å². The van der Waals surface area contributed by atoms with Gasteiger partial charge in [0.25, 0.3) is 0 Å². The number of benzene rings is 2. The molecule has 6 nitrogen and oxygen atoms in total. The van der Waals surface area contributed by atoms with E-state index in [0.29, 0.717) is 13.0 Å². The van der Waals surface area contributed by atoms with Crippen LogP contribution in [0.1, 0.15) is 24.9 Å². The Kier molecular flexibility index (Phi) is 5.85. The quantitative estimate of drug-likeness (QED) is 0.810. The van der Waals surface area contributed by atoms with E-state index in [1.54, 1.807) is 0 Å². The van der Waals surface area contributed by atoms with Crippen molar-refractivity contribution in [1.29, 1.82) is 0 Å². The van der Waals surface area contributed by atoms with Gasteiger partial charge in [0, 0.05) is 44.8 Å². The third-order valence-electron chi connectivity index (χ3n) is 5.54. The number of amides is 1. The van der Waals surface area contributed by atoms with Crippen molar-refractivity contribution in [3.8, 4) is 11.5 Å². The number of hydrogen-bond acceptors (Lipinski definition) is 5. The number of nitrogens with one attached hydrogen (secondary N) is 1. The van der Waals surface area contributed by atoms with Gasteiger partial charge in [0.1, 0.15) is 5.82 Å². The molecule has 29 heavy (non-hydrogen) atoms. The summed E-state index contributed by atoms with van der Waals surface area (Å²) in [5.74, 6) is 1.33. The van der Waals surface area contributed by atoms with Crippen LogP contribution in [0.4, 0.5) is 10.1 Å². The third-order valence-corrected chi connectivity index (χ3v) is 5.54. The fraction of sp³-hybridized carbons (Fsp3) is 0.409. The van der Waals surface area contributed by atoms with Crippen molar-refractivity contribution < 1.29 is 18.7 Å². The number of fused-ring (bicyclic) bond motifs is 1. The van der Waals surface area contributed by atoms with Gasteiger partial charge in [0.15, 0.2) is 11.5 Å². The van der Waals surface area contributed by atoms with E-state index in [0.717, 1.165) is 48.9 Å². The molecule has 0 unspecified atom stereocenters. The lowest BCUT2D eigenvalue weighted by Crippen LogP contribution is -2.49. The van der Waals surface area contributed by atoms with Crippen LogP contribution in [0.5, 0.6) is 11.5 Å². The summed E-state index contributed by atoms with van der Waals surface area (Å²) in [6, 6.07) is 12.7. The second-order valence-electron chi connectivity index (χ2n) is 7.29. The minimum atomic E-state index is -0.220. The van der Waals surface area contributed by atoms with Crippen molar-refractivity contribution in [2.45, 2.75) is 19.4 Å². The number of nitrogens with zero attached hydrogens (tertiary/aromatic N) is 2. The molecular formula is C22H26FN3O3. The Morgan fingerprint density at radius 1 is 1.07 bits per heavy atom. The zero-order valence-electron chi connectivity index (χ0n) is 16.6. The molecule has 1 amide bonds. The van der Waals surface area contributed by atoms with E-state index in [2.05, 4.69) is 15.1 Å². The Hall–Kier alpha value is -2.80. The monoisotopic (exact) mass is 399 g/mol.